The molecule has 0 bridgehead atoms. The molecular formula is C8H12F7O2P. The molecule has 1 N–H and O–H groups in total. The van der Waals surface area contributed by atoms with Gasteiger partial charge < -0.3 is 4.89 Å². The summed E-state index contributed by atoms with van der Waals surface area (Å²) in [6.07, 6.45) is -7.58. The predicted octanol–water partition coefficient (Wildman–Crippen LogP) is 4.24. The summed E-state index contributed by atoms with van der Waals surface area (Å²) in [5.41, 5.74) is -6.02. The van der Waals surface area contributed by atoms with E-state index in [1.54, 1.807) is 6.92 Å². The lowest BCUT2D eigenvalue weighted by molar-refractivity contribution is -0.334. The van der Waals surface area contributed by atoms with Gasteiger partial charge in [-0.3, -0.25) is 4.57 Å². The minimum Gasteiger partial charge on any atom is -0.340 e. The highest BCUT2D eigenvalue weighted by molar-refractivity contribution is 7.59. The van der Waals surface area contributed by atoms with Gasteiger partial charge in [-0.15, -0.1) is 0 Å². The second-order valence-electron chi connectivity index (χ2n) is 3.75. The van der Waals surface area contributed by atoms with E-state index >= 15 is 0 Å². The number of hydrogen-bond acceptors (Lipinski definition) is 1. The van der Waals surface area contributed by atoms with Crippen LogP contribution in [0.3, 0.4) is 0 Å². The molecule has 0 saturated heterocycles. The van der Waals surface area contributed by atoms with Crippen LogP contribution in [0.2, 0.25) is 0 Å². The Morgan fingerprint density at radius 2 is 1.44 bits per heavy atom. The van der Waals surface area contributed by atoms with Gasteiger partial charge in [0.05, 0.1) is 0 Å². The van der Waals surface area contributed by atoms with Crippen molar-refractivity contribution in [1.82, 2.24) is 0 Å². The van der Waals surface area contributed by atoms with Crippen LogP contribution in [0.4, 0.5) is 30.7 Å². The molecule has 1 unspecified atom stereocenters. The maximum atomic E-state index is 12.9. The summed E-state index contributed by atoms with van der Waals surface area (Å²) >= 11 is 0. The van der Waals surface area contributed by atoms with Crippen LogP contribution >= 0.6 is 7.37 Å². The molecule has 0 aromatic carbocycles. The maximum Gasteiger partial charge on any atom is 0.460 e. The molecular weight excluding hydrogens is 292 g/mol. The minimum absolute atomic E-state index is 0.179. The number of unbranched alkanes of at least 4 members (excludes halogenated alkanes) is 2. The zero-order valence-electron chi connectivity index (χ0n) is 9.28. The molecule has 0 amide bonds. The van der Waals surface area contributed by atoms with Gasteiger partial charge in [0.1, 0.15) is 0 Å². The number of alkyl halides is 7. The van der Waals surface area contributed by atoms with Crippen molar-refractivity contribution in [3.05, 3.63) is 0 Å². The van der Waals surface area contributed by atoms with Crippen LogP contribution < -0.4 is 0 Å². The average molecular weight is 304 g/mol. The molecule has 0 aromatic rings. The molecule has 0 spiro atoms. The van der Waals surface area contributed by atoms with E-state index in [0.29, 0.717) is 6.42 Å². The molecule has 0 aromatic heterocycles. The molecule has 110 valence electrons. The Labute approximate surface area is 98.6 Å². The van der Waals surface area contributed by atoms with Gasteiger partial charge >= 0.3 is 17.8 Å². The second kappa shape index (κ2) is 5.36. The number of rotatable bonds is 6. The molecule has 0 rings (SSSR count). The van der Waals surface area contributed by atoms with Crippen LogP contribution in [0.25, 0.3) is 0 Å². The highest BCUT2D eigenvalue weighted by atomic mass is 31.2. The van der Waals surface area contributed by atoms with Gasteiger partial charge in [0.25, 0.3) is 7.37 Å². The van der Waals surface area contributed by atoms with Crippen LogP contribution in [-0.4, -0.2) is 28.8 Å². The third-order valence-corrected chi connectivity index (χ3v) is 4.32. The second-order valence-corrected chi connectivity index (χ2v) is 6.16. The zero-order chi connectivity index (χ0) is 14.8. The molecule has 2 nitrogen and oxygen atoms in total. The van der Waals surface area contributed by atoms with Gasteiger partial charge in [-0.05, 0) is 6.42 Å². The van der Waals surface area contributed by atoms with E-state index in [1.165, 1.54) is 0 Å². The van der Waals surface area contributed by atoms with E-state index in [1.807, 2.05) is 0 Å². The summed E-state index contributed by atoms with van der Waals surface area (Å²) in [5, 5.41) is 0. The molecule has 10 heteroatoms. The van der Waals surface area contributed by atoms with Gasteiger partial charge in [0.15, 0.2) is 0 Å². The first-order valence-corrected chi connectivity index (χ1v) is 6.80. The third kappa shape index (κ3) is 3.17. The predicted molar refractivity (Wildman–Crippen MR) is 50.2 cm³/mol. The van der Waals surface area contributed by atoms with Gasteiger partial charge in [-0.2, -0.15) is 30.7 Å². The molecule has 1 atom stereocenters. The zero-order valence-corrected chi connectivity index (χ0v) is 10.2. The molecule has 0 aliphatic rings. The summed E-state index contributed by atoms with van der Waals surface area (Å²) in [4.78, 5) is 8.79. The fourth-order valence-electron chi connectivity index (χ4n) is 1.11. The van der Waals surface area contributed by atoms with E-state index < -0.39 is 31.3 Å². The Balaban J connectivity index is 5.18. The highest BCUT2D eigenvalue weighted by Crippen LogP contribution is 2.66. The van der Waals surface area contributed by atoms with Crippen LogP contribution in [0.1, 0.15) is 26.2 Å². The smallest absolute Gasteiger partial charge is 0.340 e. The lowest BCUT2D eigenvalue weighted by Crippen LogP contribution is -2.51. The first-order valence-electron chi connectivity index (χ1n) is 4.95. The van der Waals surface area contributed by atoms with Crippen molar-refractivity contribution in [3.63, 3.8) is 0 Å². The first-order chi connectivity index (χ1) is 7.81. The molecule has 0 saturated carbocycles. The van der Waals surface area contributed by atoms with Crippen LogP contribution in [-0.2, 0) is 4.57 Å². The molecule has 0 aliphatic carbocycles. The van der Waals surface area contributed by atoms with Crippen LogP contribution in [0, 0.1) is 0 Å². The molecule has 18 heavy (non-hydrogen) atoms. The lowest BCUT2D eigenvalue weighted by Gasteiger charge is -2.31. The summed E-state index contributed by atoms with van der Waals surface area (Å²) in [6, 6.07) is 0. The Morgan fingerprint density at radius 1 is 1.00 bits per heavy atom. The maximum absolute atomic E-state index is 12.9. The van der Waals surface area contributed by atoms with E-state index in [4.69, 9.17) is 4.89 Å². The van der Waals surface area contributed by atoms with E-state index in [2.05, 4.69) is 0 Å². The Kier molecular flexibility index (Phi) is 5.28. The fourth-order valence-corrected chi connectivity index (χ4v) is 2.61. The van der Waals surface area contributed by atoms with E-state index in [9.17, 15) is 35.3 Å². The summed E-state index contributed by atoms with van der Waals surface area (Å²) < 4.78 is 97.2. The minimum atomic E-state index is -6.58. The Bertz CT molecular complexity index is 326. The molecule has 0 radical (unpaired) electrons. The van der Waals surface area contributed by atoms with Gasteiger partial charge in [0.2, 0.25) is 0 Å². The average Bonchev–Trinajstić information content (AvgIpc) is 2.15. The van der Waals surface area contributed by atoms with Crippen LogP contribution in [0.15, 0.2) is 0 Å². The summed E-state index contributed by atoms with van der Waals surface area (Å²) in [5.74, 6) is -6.53. The van der Waals surface area contributed by atoms with Crippen molar-refractivity contribution in [1.29, 1.82) is 0 Å². The number of halogens is 7. The third-order valence-electron chi connectivity index (χ3n) is 2.24. The molecule has 0 fully saturated rings. The van der Waals surface area contributed by atoms with Gasteiger partial charge in [0, 0.05) is 6.16 Å². The largest absolute Gasteiger partial charge is 0.460 e. The fraction of sp³-hybridized carbons (Fsp3) is 1.00. The Hall–Kier alpha value is -0.300. The van der Waals surface area contributed by atoms with Crippen molar-refractivity contribution < 1.29 is 40.2 Å². The van der Waals surface area contributed by atoms with Crippen molar-refractivity contribution in [2.45, 2.75) is 43.9 Å². The van der Waals surface area contributed by atoms with E-state index in [0.717, 1.165) is 0 Å². The molecule has 0 heterocycles. The van der Waals surface area contributed by atoms with Gasteiger partial charge in [-0.1, -0.05) is 19.8 Å². The topological polar surface area (TPSA) is 37.3 Å². The van der Waals surface area contributed by atoms with Crippen molar-refractivity contribution >= 4 is 7.37 Å². The Morgan fingerprint density at radius 3 is 1.78 bits per heavy atom. The van der Waals surface area contributed by atoms with Crippen molar-refractivity contribution in [2.24, 2.45) is 0 Å². The standard InChI is InChI=1S/C8H12F7O2P/c1-2-3-4-5-18(16,17)8(14,15)6(9,10)7(11,12)13/h2-5H2,1H3,(H,16,17). The van der Waals surface area contributed by atoms with E-state index in [-0.39, 0.29) is 12.8 Å². The lowest BCUT2D eigenvalue weighted by atomic mass is 10.3. The van der Waals surface area contributed by atoms with Crippen LogP contribution in [0.5, 0.6) is 0 Å². The first kappa shape index (κ1) is 17.7. The quantitative estimate of drug-likeness (QED) is 0.453. The SMILES string of the molecule is CCCCCP(=O)(O)C(F)(F)C(F)(F)C(F)(F)F. The summed E-state index contributed by atoms with van der Waals surface area (Å²) in [7, 11) is -5.95. The normalized spacial score (nSPS) is 17.6. The van der Waals surface area contributed by atoms with Gasteiger partial charge in [-0.25, -0.2) is 0 Å². The monoisotopic (exact) mass is 304 g/mol. The number of hydrogen-bond donors (Lipinski definition) is 1. The van der Waals surface area contributed by atoms with Crippen molar-refractivity contribution in [2.75, 3.05) is 6.16 Å². The van der Waals surface area contributed by atoms with Crippen molar-refractivity contribution in [3.8, 4) is 0 Å². The summed E-state index contributed by atoms with van der Waals surface area (Å²) in [6.45, 7) is 1.60. The highest BCUT2D eigenvalue weighted by Gasteiger charge is 2.79. The molecule has 0 aliphatic heterocycles.